The van der Waals surface area contributed by atoms with Gasteiger partial charge in [-0.05, 0) is 31.0 Å². The molecular weight excluding hydrogens is 380 g/mol. The monoisotopic (exact) mass is 391 g/mol. The maximum absolute atomic E-state index is 12.8. The number of halogens is 6. The fourth-order valence-electron chi connectivity index (χ4n) is 2.49. The number of nitrogens with zero attached hydrogens (tertiary/aromatic N) is 1. The van der Waals surface area contributed by atoms with E-state index in [1.165, 1.54) is 0 Å². The second-order valence-electron chi connectivity index (χ2n) is 5.35. The molecule has 0 amide bonds. The number of rotatable bonds is 3. The van der Waals surface area contributed by atoms with Gasteiger partial charge >= 0.3 is 18.3 Å². The molecule has 1 fully saturated rings. The van der Waals surface area contributed by atoms with Crippen molar-refractivity contribution in [3.63, 3.8) is 0 Å². The van der Waals surface area contributed by atoms with Crippen LogP contribution in [0.2, 0.25) is 0 Å². The fourth-order valence-corrected chi connectivity index (χ4v) is 4.21. The standard InChI is InChI=1S/C13H11F6NO4S/c14-12(15,16)7-4-8(13(17,18)19)6-9(5-7)25(23,24)20-3-1-2-10(20)11(21)22/h4-6,10H,1-3H2,(H,21,22)/t10-/m1/s1. The van der Waals surface area contributed by atoms with E-state index in [9.17, 15) is 39.6 Å². The van der Waals surface area contributed by atoms with Crippen molar-refractivity contribution in [3.8, 4) is 0 Å². The lowest BCUT2D eigenvalue weighted by molar-refractivity contribution is -0.144. The van der Waals surface area contributed by atoms with Crippen molar-refractivity contribution in [2.24, 2.45) is 0 Å². The van der Waals surface area contributed by atoms with Crippen molar-refractivity contribution in [1.82, 2.24) is 4.31 Å². The molecule has 0 saturated carbocycles. The van der Waals surface area contributed by atoms with E-state index in [0.717, 1.165) is 0 Å². The first-order valence-corrected chi connectivity index (χ1v) is 8.23. The van der Waals surface area contributed by atoms with Gasteiger partial charge in [0.05, 0.1) is 16.0 Å². The summed E-state index contributed by atoms with van der Waals surface area (Å²) in [5.74, 6) is -1.52. The number of carbonyl (C=O) groups is 1. The molecule has 0 bridgehead atoms. The normalized spacial score (nSPS) is 20.0. The molecule has 0 radical (unpaired) electrons. The van der Waals surface area contributed by atoms with Crippen LogP contribution in [0.1, 0.15) is 24.0 Å². The number of hydrogen-bond acceptors (Lipinski definition) is 3. The Morgan fingerprint density at radius 2 is 1.52 bits per heavy atom. The van der Waals surface area contributed by atoms with Crippen LogP contribution in [-0.2, 0) is 27.2 Å². The zero-order valence-corrected chi connectivity index (χ0v) is 13.0. The first kappa shape index (κ1) is 19.5. The molecule has 0 unspecified atom stereocenters. The zero-order chi connectivity index (χ0) is 19.2. The van der Waals surface area contributed by atoms with Crippen LogP contribution in [0.25, 0.3) is 0 Å². The van der Waals surface area contributed by atoms with Crippen molar-refractivity contribution in [3.05, 3.63) is 29.3 Å². The summed E-state index contributed by atoms with van der Waals surface area (Å²) >= 11 is 0. The third kappa shape index (κ3) is 3.89. The van der Waals surface area contributed by atoms with Gasteiger partial charge in [0.2, 0.25) is 10.0 Å². The van der Waals surface area contributed by atoms with E-state index in [1.807, 2.05) is 0 Å². The molecule has 25 heavy (non-hydrogen) atoms. The van der Waals surface area contributed by atoms with E-state index in [-0.39, 0.29) is 37.6 Å². The minimum Gasteiger partial charge on any atom is -0.480 e. The molecule has 140 valence electrons. The van der Waals surface area contributed by atoms with Crippen molar-refractivity contribution in [2.45, 2.75) is 36.1 Å². The molecule has 1 aromatic rings. The topological polar surface area (TPSA) is 74.7 Å². The largest absolute Gasteiger partial charge is 0.480 e. The minimum absolute atomic E-state index is 0.0712. The van der Waals surface area contributed by atoms with Crippen LogP contribution in [0.3, 0.4) is 0 Å². The van der Waals surface area contributed by atoms with Gasteiger partial charge in [-0.1, -0.05) is 0 Å². The number of carboxylic acid groups (broad SMARTS) is 1. The Balaban J connectivity index is 2.63. The smallest absolute Gasteiger partial charge is 0.416 e. The predicted molar refractivity (Wildman–Crippen MR) is 71.0 cm³/mol. The summed E-state index contributed by atoms with van der Waals surface area (Å²) in [6, 6.07) is -1.59. The van der Waals surface area contributed by atoms with Gasteiger partial charge in [-0.15, -0.1) is 0 Å². The molecular formula is C13H11F6NO4S. The minimum atomic E-state index is -5.21. The second-order valence-corrected chi connectivity index (χ2v) is 7.24. The molecule has 0 spiro atoms. The lowest BCUT2D eigenvalue weighted by atomic mass is 10.1. The van der Waals surface area contributed by atoms with Crippen molar-refractivity contribution < 1.29 is 44.7 Å². The van der Waals surface area contributed by atoms with E-state index in [2.05, 4.69) is 0 Å². The molecule has 1 aliphatic rings. The van der Waals surface area contributed by atoms with Crippen LogP contribution < -0.4 is 0 Å². The lowest BCUT2D eigenvalue weighted by Gasteiger charge is -2.22. The maximum atomic E-state index is 12.8. The summed E-state index contributed by atoms with van der Waals surface area (Å²) in [5, 5.41) is 9.00. The molecule has 1 saturated heterocycles. The van der Waals surface area contributed by atoms with Gasteiger partial charge in [0.1, 0.15) is 6.04 Å². The van der Waals surface area contributed by atoms with Gasteiger partial charge in [-0.25, -0.2) is 8.42 Å². The second kappa shape index (κ2) is 6.16. The van der Waals surface area contributed by atoms with Crippen LogP contribution in [0.4, 0.5) is 26.3 Å². The molecule has 5 nitrogen and oxygen atoms in total. The van der Waals surface area contributed by atoms with Crippen LogP contribution in [0.15, 0.2) is 23.1 Å². The summed E-state index contributed by atoms with van der Waals surface area (Å²) in [6.07, 6.45) is -10.4. The number of hydrogen-bond donors (Lipinski definition) is 1. The first-order chi connectivity index (χ1) is 11.2. The highest BCUT2D eigenvalue weighted by Crippen LogP contribution is 2.38. The van der Waals surface area contributed by atoms with E-state index < -0.39 is 50.4 Å². The molecule has 12 heteroatoms. The highest BCUT2D eigenvalue weighted by molar-refractivity contribution is 7.89. The maximum Gasteiger partial charge on any atom is 0.416 e. The Morgan fingerprint density at radius 1 is 1.04 bits per heavy atom. The van der Waals surface area contributed by atoms with Crippen LogP contribution in [0, 0.1) is 0 Å². The van der Waals surface area contributed by atoms with Gasteiger partial charge in [-0.2, -0.15) is 30.6 Å². The van der Waals surface area contributed by atoms with Crippen molar-refractivity contribution in [2.75, 3.05) is 6.54 Å². The van der Waals surface area contributed by atoms with Gasteiger partial charge in [0.15, 0.2) is 0 Å². The molecule has 1 atom stereocenters. The Labute approximate surface area is 137 Å². The molecule has 2 rings (SSSR count). The number of sulfonamides is 1. The Bertz CT molecular complexity index is 754. The molecule has 1 aromatic carbocycles. The summed E-state index contributed by atoms with van der Waals surface area (Å²) < 4.78 is 102. The predicted octanol–water partition coefficient (Wildman–Crippen LogP) is 2.96. The van der Waals surface area contributed by atoms with E-state index in [1.54, 1.807) is 0 Å². The third-order valence-electron chi connectivity index (χ3n) is 3.66. The summed E-state index contributed by atoms with van der Waals surface area (Å²) in [7, 11) is -4.85. The SMILES string of the molecule is O=C(O)[C@H]1CCCN1S(=O)(=O)c1cc(C(F)(F)F)cc(C(F)(F)F)c1. The lowest BCUT2D eigenvalue weighted by Crippen LogP contribution is -2.40. The first-order valence-electron chi connectivity index (χ1n) is 6.79. The average molecular weight is 391 g/mol. The summed E-state index contributed by atoms with van der Waals surface area (Å²) in [4.78, 5) is 9.83. The van der Waals surface area contributed by atoms with Gasteiger partial charge < -0.3 is 5.11 Å². The fraction of sp³-hybridized carbons (Fsp3) is 0.462. The average Bonchev–Trinajstić information content (AvgIpc) is 2.95. The number of alkyl halides is 6. The van der Waals surface area contributed by atoms with E-state index in [4.69, 9.17) is 5.11 Å². The van der Waals surface area contributed by atoms with Crippen LogP contribution in [-0.4, -0.2) is 36.4 Å². The Morgan fingerprint density at radius 3 is 1.92 bits per heavy atom. The Hall–Kier alpha value is -1.82. The zero-order valence-electron chi connectivity index (χ0n) is 12.2. The molecule has 1 aliphatic heterocycles. The van der Waals surface area contributed by atoms with Crippen molar-refractivity contribution >= 4 is 16.0 Å². The van der Waals surface area contributed by atoms with E-state index in [0.29, 0.717) is 4.31 Å². The Kier molecular flexibility index (Phi) is 4.81. The quantitative estimate of drug-likeness (QED) is 0.804. The summed E-state index contributed by atoms with van der Waals surface area (Å²) in [6.45, 7) is -0.309. The summed E-state index contributed by atoms with van der Waals surface area (Å²) in [5.41, 5.74) is -3.57. The molecule has 1 heterocycles. The van der Waals surface area contributed by atoms with Crippen LogP contribution >= 0.6 is 0 Å². The number of aliphatic carboxylic acids is 1. The van der Waals surface area contributed by atoms with Gasteiger partial charge in [0.25, 0.3) is 0 Å². The molecule has 1 N–H and O–H groups in total. The highest BCUT2D eigenvalue weighted by Gasteiger charge is 2.43. The van der Waals surface area contributed by atoms with E-state index >= 15 is 0 Å². The van der Waals surface area contributed by atoms with Crippen molar-refractivity contribution in [1.29, 1.82) is 0 Å². The molecule has 0 aliphatic carbocycles. The van der Waals surface area contributed by atoms with Gasteiger partial charge in [0, 0.05) is 6.54 Å². The van der Waals surface area contributed by atoms with Crippen LogP contribution in [0.5, 0.6) is 0 Å². The third-order valence-corrected chi connectivity index (χ3v) is 5.54. The van der Waals surface area contributed by atoms with Gasteiger partial charge in [-0.3, -0.25) is 4.79 Å². The number of carboxylic acids is 1. The highest BCUT2D eigenvalue weighted by atomic mass is 32.2. The number of benzene rings is 1. The molecule has 0 aromatic heterocycles.